The Hall–Kier alpha value is -2.99. The number of nitrogens with one attached hydrogen (secondary N) is 2. The number of carbonyl (C=O) groups is 2. The number of hydrogen-bond acceptors (Lipinski definition) is 3. The SMILES string of the molecule is CNC(=O)Cc1ccc(NC(=O)c2ccc(-c3cccc(Br)c3)nc2C)cc1. The fourth-order valence-corrected chi connectivity index (χ4v) is 3.19. The highest BCUT2D eigenvalue weighted by atomic mass is 79.9. The maximum Gasteiger partial charge on any atom is 0.257 e. The van der Waals surface area contributed by atoms with Crippen LogP contribution in [0.3, 0.4) is 0 Å². The molecule has 0 fully saturated rings. The van der Waals surface area contributed by atoms with Crippen LogP contribution in [-0.2, 0) is 11.2 Å². The molecule has 0 saturated heterocycles. The highest BCUT2D eigenvalue weighted by Crippen LogP contribution is 2.23. The molecule has 0 aliphatic carbocycles. The molecule has 0 bridgehead atoms. The minimum absolute atomic E-state index is 0.0518. The van der Waals surface area contributed by atoms with Gasteiger partial charge < -0.3 is 10.6 Å². The van der Waals surface area contributed by atoms with Gasteiger partial charge in [0.15, 0.2) is 0 Å². The normalized spacial score (nSPS) is 10.4. The van der Waals surface area contributed by atoms with Crippen LogP contribution in [0.1, 0.15) is 21.6 Å². The number of aromatic nitrogens is 1. The second kappa shape index (κ2) is 8.80. The van der Waals surface area contributed by atoms with Gasteiger partial charge in [-0.15, -0.1) is 0 Å². The first-order valence-electron chi connectivity index (χ1n) is 8.80. The van der Waals surface area contributed by atoms with Gasteiger partial charge in [-0.2, -0.15) is 0 Å². The molecule has 2 amide bonds. The molecule has 0 atom stereocenters. The van der Waals surface area contributed by atoms with Crippen LogP contribution in [0.15, 0.2) is 65.1 Å². The predicted octanol–water partition coefficient (Wildman–Crippen LogP) is 4.36. The van der Waals surface area contributed by atoms with E-state index in [2.05, 4.69) is 31.5 Å². The third-order valence-corrected chi connectivity index (χ3v) is 4.80. The summed E-state index contributed by atoms with van der Waals surface area (Å²) in [5.41, 5.74) is 4.53. The molecule has 3 rings (SSSR count). The lowest BCUT2D eigenvalue weighted by atomic mass is 10.1. The predicted molar refractivity (Wildman–Crippen MR) is 114 cm³/mol. The number of hydrogen-bond donors (Lipinski definition) is 2. The number of likely N-dealkylation sites (N-methyl/N-ethyl adjacent to an activating group) is 1. The summed E-state index contributed by atoms with van der Waals surface area (Å²) in [6, 6.07) is 18.7. The van der Waals surface area contributed by atoms with Crippen LogP contribution < -0.4 is 10.6 Å². The van der Waals surface area contributed by atoms with Gasteiger partial charge in [0.05, 0.1) is 23.4 Å². The van der Waals surface area contributed by atoms with E-state index in [0.717, 1.165) is 21.3 Å². The van der Waals surface area contributed by atoms with Crippen molar-refractivity contribution < 1.29 is 9.59 Å². The Balaban J connectivity index is 1.73. The quantitative estimate of drug-likeness (QED) is 0.622. The maximum absolute atomic E-state index is 12.6. The van der Waals surface area contributed by atoms with Crippen molar-refractivity contribution in [3.05, 3.63) is 82.0 Å². The molecule has 1 heterocycles. The van der Waals surface area contributed by atoms with Gasteiger partial charge in [-0.1, -0.05) is 40.2 Å². The van der Waals surface area contributed by atoms with Crippen LogP contribution in [0.25, 0.3) is 11.3 Å². The summed E-state index contributed by atoms with van der Waals surface area (Å²) in [6.07, 6.45) is 0.310. The number of pyridine rings is 1. The lowest BCUT2D eigenvalue weighted by molar-refractivity contribution is -0.119. The Bertz CT molecular complexity index is 1020. The molecule has 142 valence electrons. The maximum atomic E-state index is 12.6. The van der Waals surface area contributed by atoms with Crippen molar-refractivity contribution in [2.45, 2.75) is 13.3 Å². The minimum Gasteiger partial charge on any atom is -0.359 e. The number of halogens is 1. The molecule has 0 radical (unpaired) electrons. The van der Waals surface area contributed by atoms with Crippen molar-refractivity contribution >= 4 is 33.4 Å². The molecule has 3 aromatic rings. The van der Waals surface area contributed by atoms with Gasteiger partial charge in [0.2, 0.25) is 5.91 Å². The molecule has 0 unspecified atom stereocenters. The largest absolute Gasteiger partial charge is 0.359 e. The summed E-state index contributed by atoms with van der Waals surface area (Å²) in [5.74, 6) is -0.270. The second-order valence-corrected chi connectivity index (χ2v) is 7.26. The first kappa shape index (κ1) is 19.8. The molecule has 28 heavy (non-hydrogen) atoms. The van der Waals surface area contributed by atoms with E-state index in [1.54, 1.807) is 25.2 Å². The number of anilines is 1. The van der Waals surface area contributed by atoms with E-state index in [0.29, 0.717) is 23.4 Å². The van der Waals surface area contributed by atoms with E-state index in [4.69, 9.17) is 0 Å². The summed E-state index contributed by atoms with van der Waals surface area (Å²) in [7, 11) is 1.61. The monoisotopic (exact) mass is 437 g/mol. The number of amides is 2. The molecular formula is C22H20BrN3O2. The van der Waals surface area contributed by atoms with Gasteiger partial charge in [-0.25, -0.2) is 0 Å². The highest BCUT2D eigenvalue weighted by Gasteiger charge is 2.12. The molecule has 2 N–H and O–H groups in total. The zero-order valence-corrected chi connectivity index (χ0v) is 17.2. The number of rotatable bonds is 5. The summed E-state index contributed by atoms with van der Waals surface area (Å²) in [5, 5.41) is 5.46. The molecule has 0 aliphatic rings. The first-order valence-corrected chi connectivity index (χ1v) is 9.60. The Morgan fingerprint density at radius 3 is 2.43 bits per heavy atom. The zero-order chi connectivity index (χ0) is 20.1. The van der Waals surface area contributed by atoms with Crippen molar-refractivity contribution in [2.75, 3.05) is 12.4 Å². The smallest absolute Gasteiger partial charge is 0.257 e. The van der Waals surface area contributed by atoms with E-state index in [1.807, 2.05) is 49.4 Å². The van der Waals surface area contributed by atoms with Crippen LogP contribution in [-0.4, -0.2) is 23.8 Å². The summed E-state index contributed by atoms with van der Waals surface area (Å²) in [6.45, 7) is 1.82. The van der Waals surface area contributed by atoms with Crippen LogP contribution in [0.4, 0.5) is 5.69 Å². The van der Waals surface area contributed by atoms with Crippen molar-refractivity contribution in [3.63, 3.8) is 0 Å². The van der Waals surface area contributed by atoms with Gasteiger partial charge in [0.1, 0.15) is 0 Å². The Labute approximate surface area is 172 Å². The second-order valence-electron chi connectivity index (χ2n) is 6.34. The van der Waals surface area contributed by atoms with E-state index in [9.17, 15) is 9.59 Å². The van der Waals surface area contributed by atoms with Gasteiger partial charge >= 0.3 is 0 Å². The van der Waals surface area contributed by atoms with E-state index in [-0.39, 0.29) is 11.8 Å². The molecular weight excluding hydrogens is 418 g/mol. The number of nitrogens with zero attached hydrogens (tertiary/aromatic N) is 1. The Morgan fingerprint density at radius 1 is 1.04 bits per heavy atom. The number of benzene rings is 2. The lowest BCUT2D eigenvalue weighted by Gasteiger charge is -2.10. The van der Waals surface area contributed by atoms with Crippen LogP contribution in [0, 0.1) is 6.92 Å². The molecule has 0 aliphatic heterocycles. The average molecular weight is 438 g/mol. The van der Waals surface area contributed by atoms with Gasteiger partial charge in [0, 0.05) is 22.8 Å². The fourth-order valence-electron chi connectivity index (χ4n) is 2.79. The Kier molecular flexibility index (Phi) is 6.21. The lowest BCUT2D eigenvalue weighted by Crippen LogP contribution is -2.20. The van der Waals surface area contributed by atoms with E-state index >= 15 is 0 Å². The average Bonchev–Trinajstić information content (AvgIpc) is 2.69. The molecule has 2 aromatic carbocycles. The van der Waals surface area contributed by atoms with Gasteiger partial charge in [-0.3, -0.25) is 14.6 Å². The highest BCUT2D eigenvalue weighted by molar-refractivity contribution is 9.10. The Morgan fingerprint density at radius 2 is 1.79 bits per heavy atom. The molecule has 0 spiro atoms. The molecule has 6 heteroatoms. The van der Waals surface area contributed by atoms with Crippen molar-refractivity contribution in [1.29, 1.82) is 0 Å². The summed E-state index contributed by atoms with van der Waals surface area (Å²) >= 11 is 3.46. The van der Waals surface area contributed by atoms with Crippen LogP contribution >= 0.6 is 15.9 Å². The van der Waals surface area contributed by atoms with Crippen molar-refractivity contribution in [2.24, 2.45) is 0 Å². The minimum atomic E-state index is -0.218. The van der Waals surface area contributed by atoms with Crippen LogP contribution in [0.2, 0.25) is 0 Å². The standard InChI is InChI=1S/C22H20BrN3O2/c1-14-19(10-11-20(25-14)16-4-3-5-17(23)13-16)22(28)26-18-8-6-15(7-9-18)12-21(27)24-2/h3-11,13H,12H2,1-2H3,(H,24,27)(H,26,28). The van der Waals surface area contributed by atoms with Gasteiger partial charge in [-0.05, 0) is 48.9 Å². The third kappa shape index (κ3) is 4.84. The van der Waals surface area contributed by atoms with E-state index in [1.165, 1.54) is 0 Å². The summed E-state index contributed by atoms with van der Waals surface area (Å²) < 4.78 is 0.978. The van der Waals surface area contributed by atoms with E-state index < -0.39 is 0 Å². The molecule has 0 saturated carbocycles. The van der Waals surface area contributed by atoms with Crippen molar-refractivity contribution in [3.8, 4) is 11.3 Å². The number of carbonyl (C=O) groups excluding carboxylic acids is 2. The van der Waals surface area contributed by atoms with Gasteiger partial charge in [0.25, 0.3) is 5.91 Å². The van der Waals surface area contributed by atoms with Crippen molar-refractivity contribution in [1.82, 2.24) is 10.3 Å². The third-order valence-electron chi connectivity index (χ3n) is 4.31. The number of aryl methyl sites for hydroxylation is 1. The topological polar surface area (TPSA) is 71.1 Å². The summed E-state index contributed by atoms with van der Waals surface area (Å²) in [4.78, 5) is 28.6. The molecule has 1 aromatic heterocycles. The molecule has 5 nitrogen and oxygen atoms in total. The fraction of sp³-hybridized carbons (Fsp3) is 0.136. The first-order chi connectivity index (χ1) is 13.5. The van der Waals surface area contributed by atoms with Crippen LogP contribution in [0.5, 0.6) is 0 Å². The zero-order valence-electron chi connectivity index (χ0n) is 15.6.